The molecule has 0 radical (unpaired) electrons. The molecule has 1 aromatic carbocycles. The number of hydrogen-bond acceptors (Lipinski definition) is 9. The number of rotatable bonds is 2. The molecule has 0 saturated carbocycles. The Morgan fingerprint density at radius 1 is 1.00 bits per heavy atom. The van der Waals surface area contributed by atoms with E-state index in [1.165, 1.54) is 11.3 Å². The number of Topliss-reactive ketones (excluding diaryl/α,β-unsaturated/α-hetero) is 1. The Hall–Kier alpha value is -3.51. The number of aromatic nitrogens is 1. The van der Waals surface area contributed by atoms with Crippen molar-refractivity contribution in [1.29, 1.82) is 0 Å². The predicted octanol–water partition coefficient (Wildman–Crippen LogP) is 3.40. The van der Waals surface area contributed by atoms with Gasteiger partial charge in [-0.2, -0.15) is 0 Å². The number of carbonyl (C=O) groups excluding carboxylic acids is 2. The second-order valence-electron chi connectivity index (χ2n) is 10.5. The van der Waals surface area contributed by atoms with E-state index in [2.05, 4.69) is 30.7 Å². The monoisotopic (exact) mass is 560 g/mol. The van der Waals surface area contributed by atoms with E-state index < -0.39 is 11.9 Å². The summed E-state index contributed by atoms with van der Waals surface area (Å²) >= 11 is 1.48. The number of thiazole rings is 1. The number of ketones is 1. The number of anilines is 2. The maximum Gasteiger partial charge on any atom is 0.300 e. The van der Waals surface area contributed by atoms with Crippen molar-refractivity contribution < 1.29 is 34.1 Å². The number of aliphatic carboxylic acids is 2. The van der Waals surface area contributed by atoms with Crippen molar-refractivity contribution in [3.8, 4) is 5.75 Å². The summed E-state index contributed by atoms with van der Waals surface area (Å²) in [5.41, 5.74) is 2.42. The van der Waals surface area contributed by atoms with Crippen LogP contribution in [0.4, 0.5) is 10.8 Å². The van der Waals surface area contributed by atoms with Crippen molar-refractivity contribution >= 4 is 45.8 Å². The van der Waals surface area contributed by atoms with E-state index in [0.29, 0.717) is 30.9 Å². The van der Waals surface area contributed by atoms with Gasteiger partial charge in [-0.25, -0.2) is 4.98 Å². The first-order valence-electron chi connectivity index (χ1n) is 12.7. The van der Waals surface area contributed by atoms with Crippen molar-refractivity contribution in [3.63, 3.8) is 0 Å². The van der Waals surface area contributed by atoms with Gasteiger partial charge in [0.25, 0.3) is 17.8 Å². The van der Waals surface area contributed by atoms with Crippen LogP contribution in [-0.2, 0) is 16.0 Å². The number of nitrogens with zero attached hydrogens (tertiary/aromatic N) is 4. The van der Waals surface area contributed by atoms with Crippen molar-refractivity contribution in [2.24, 2.45) is 5.41 Å². The molecule has 11 nitrogen and oxygen atoms in total. The maximum absolute atomic E-state index is 13.0. The molecule has 1 saturated heterocycles. The van der Waals surface area contributed by atoms with Crippen LogP contribution in [0.5, 0.6) is 5.75 Å². The number of carboxylic acids is 2. The first kappa shape index (κ1) is 30.0. The summed E-state index contributed by atoms with van der Waals surface area (Å²) in [6.45, 7) is 10.9. The smallest absolute Gasteiger partial charge is 0.300 e. The number of piperazine rings is 1. The average molecular weight is 561 g/mol. The van der Waals surface area contributed by atoms with E-state index in [4.69, 9.17) is 29.5 Å². The molecule has 0 atom stereocenters. The highest BCUT2D eigenvalue weighted by atomic mass is 32.1. The predicted molar refractivity (Wildman–Crippen MR) is 148 cm³/mol. The highest BCUT2D eigenvalue weighted by Crippen LogP contribution is 2.43. The molecule has 0 spiro atoms. The van der Waals surface area contributed by atoms with Gasteiger partial charge in [-0.3, -0.25) is 19.2 Å². The Balaban J connectivity index is 0.000000466. The summed E-state index contributed by atoms with van der Waals surface area (Å²) < 4.78 is 5.92. The van der Waals surface area contributed by atoms with E-state index in [1.54, 1.807) is 0 Å². The molecule has 2 aromatic rings. The van der Waals surface area contributed by atoms with Gasteiger partial charge in [0, 0.05) is 52.0 Å². The standard InChI is InChI=1S/C23H28N4O3S.2C2H4O2/c1-23(2)13-16-20(18(28)14-23)31-22(24-16)27-10-11-30-19-12-15(4-5-17(19)27)21(29)26-8-6-25(3)7-9-26;2*1-2(3)4/h4-5,12H,6-11,13-14H2,1-3H3;2*1H3,(H,3,4). The first-order chi connectivity index (χ1) is 18.3. The van der Waals surface area contributed by atoms with E-state index >= 15 is 0 Å². The Morgan fingerprint density at radius 2 is 1.62 bits per heavy atom. The molecule has 3 heterocycles. The number of fused-ring (bicyclic) bond motifs is 2. The fraction of sp³-hybridized carbons (Fsp3) is 0.519. The van der Waals surface area contributed by atoms with E-state index in [1.807, 2.05) is 23.1 Å². The Morgan fingerprint density at radius 3 is 2.23 bits per heavy atom. The van der Waals surface area contributed by atoms with Gasteiger partial charge in [0.05, 0.1) is 22.8 Å². The van der Waals surface area contributed by atoms with E-state index in [9.17, 15) is 9.59 Å². The number of likely N-dealkylation sites (N-methyl/N-ethyl adjacent to an activating group) is 1. The largest absolute Gasteiger partial charge is 0.490 e. The highest BCUT2D eigenvalue weighted by molar-refractivity contribution is 7.17. The second-order valence-corrected chi connectivity index (χ2v) is 11.5. The van der Waals surface area contributed by atoms with Gasteiger partial charge in [-0.05, 0) is 37.1 Å². The van der Waals surface area contributed by atoms with Crippen LogP contribution in [0.2, 0.25) is 0 Å². The number of carboxylic acid groups (broad SMARTS) is 2. The zero-order valence-electron chi connectivity index (χ0n) is 23.0. The summed E-state index contributed by atoms with van der Waals surface area (Å²) in [4.78, 5) is 55.5. The molecule has 2 N–H and O–H groups in total. The van der Waals surface area contributed by atoms with E-state index in [0.717, 1.165) is 67.8 Å². The summed E-state index contributed by atoms with van der Waals surface area (Å²) in [5.74, 6) is -0.725. The molecule has 12 heteroatoms. The Kier molecular flexibility index (Phi) is 9.68. The molecular formula is C27H36N4O7S. The minimum atomic E-state index is -0.833. The van der Waals surface area contributed by atoms with Crippen LogP contribution in [0.3, 0.4) is 0 Å². The molecule has 212 valence electrons. The number of benzene rings is 1. The molecule has 39 heavy (non-hydrogen) atoms. The molecule has 2 aliphatic heterocycles. The lowest BCUT2D eigenvalue weighted by Gasteiger charge is -2.33. The fourth-order valence-corrected chi connectivity index (χ4v) is 5.63. The summed E-state index contributed by atoms with van der Waals surface area (Å²) in [6.07, 6.45) is 1.39. The summed E-state index contributed by atoms with van der Waals surface area (Å²) in [6, 6.07) is 5.68. The van der Waals surface area contributed by atoms with Crippen LogP contribution in [-0.4, -0.2) is 95.0 Å². The third-order valence-electron chi connectivity index (χ3n) is 6.32. The quantitative estimate of drug-likeness (QED) is 0.561. The minimum absolute atomic E-state index is 0.0448. The molecule has 1 aromatic heterocycles. The Labute approximate surface area is 232 Å². The van der Waals surface area contributed by atoms with Crippen LogP contribution in [0.15, 0.2) is 18.2 Å². The lowest BCUT2D eigenvalue weighted by Crippen LogP contribution is -2.47. The molecule has 3 aliphatic rings. The SMILES string of the molecule is CC(=O)O.CC(=O)O.CN1CCN(C(=O)c2ccc3c(c2)OCCN3c2nc3c(s2)C(=O)CC(C)(C)C3)CC1. The van der Waals surface area contributed by atoms with Crippen molar-refractivity contribution in [2.75, 3.05) is 51.3 Å². The highest BCUT2D eigenvalue weighted by Gasteiger charge is 2.35. The number of hydrogen-bond donors (Lipinski definition) is 2. The first-order valence-corrected chi connectivity index (χ1v) is 13.5. The number of amides is 1. The molecule has 5 rings (SSSR count). The van der Waals surface area contributed by atoms with Crippen LogP contribution in [0.1, 0.15) is 59.8 Å². The lowest BCUT2D eigenvalue weighted by atomic mass is 9.78. The second kappa shape index (κ2) is 12.6. The summed E-state index contributed by atoms with van der Waals surface area (Å²) in [7, 11) is 2.08. The minimum Gasteiger partial charge on any atom is -0.490 e. The van der Waals surface area contributed by atoms with Gasteiger partial charge in [-0.15, -0.1) is 0 Å². The zero-order valence-corrected chi connectivity index (χ0v) is 23.8. The number of carbonyl (C=O) groups is 4. The van der Waals surface area contributed by atoms with Gasteiger partial charge in [0.1, 0.15) is 12.4 Å². The van der Waals surface area contributed by atoms with Crippen molar-refractivity contribution in [2.45, 2.75) is 40.5 Å². The van der Waals surface area contributed by atoms with Gasteiger partial charge in [0.15, 0.2) is 10.9 Å². The molecule has 1 aliphatic carbocycles. The Bertz CT molecular complexity index is 1210. The molecular weight excluding hydrogens is 524 g/mol. The molecule has 0 bridgehead atoms. The molecule has 1 amide bonds. The fourth-order valence-electron chi connectivity index (χ4n) is 4.57. The van der Waals surface area contributed by atoms with Crippen LogP contribution in [0.25, 0.3) is 0 Å². The zero-order chi connectivity index (χ0) is 28.9. The van der Waals surface area contributed by atoms with Gasteiger partial charge in [0.2, 0.25) is 0 Å². The van der Waals surface area contributed by atoms with Gasteiger partial charge >= 0.3 is 0 Å². The van der Waals surface area contributed by atoms with Gasteiger partial charge in [-0.1, -0.05) is 25.2 Å². The molecule has 1 fully saturated rings. The molecule has 0 unspecified atom stereocenters. The maximum atomic E-state index is 13.0. The normalized spacial score (nSPS) is 17.8. The van der Waals surface area contributed by atoms with E-state index in [-0.39, 0.29) is 17.1 Å². The average Bonchev–Trinajstić information content (AvgIpc) is 3.26. The van der Waals surface area contributed by atoms with Crippen molar-refractivity contribution in [1.82, 2.24) is 14.8 Å². The summed E-state index contributed by atoms with van der Waals surface area (Å²) in [5, 5.41) is 15.7. The lowest BCUT2D eigenvalue weighted by molar-refractivity contribution is -0.135. The van der Waals surface area contributed by atoms with Crippen LogP contribution >= 0.6 is 11.3 Å². The van der Waals surface area contributed by atoms with Crippen LogP contribution < -0.4 is 9.64 Å². The topological polar surface area (TPSA) is 141 Å². The van der Waals surface area contributed by atoms with Crippen LogP contribution in [0, 0.1) is 5.41 Å². The van der Waals surface area contributed by atoms with Crippen molar-refractivity contribution in [3.05, 3.63) is 34.3 Å². The number of ether oxygens (including phenoxy) is 1. The van der Waals surface area contributed by atoms with Gasteiger partial charge < -0.3 is 29.6 Å². The third kappa shape index (κ3) is 7.99. The third-order valence-corrected chi connectivity index (χ3v) is 7.48.